The molecule has 1 aromatic carbocycles. The Hall–Kier alpha value is -1.13. The Bertz CT molecular complexity index is 388. The molecule has 15 heavy (non-hydrogen) atoms. The molecular formula is C10H9ClFNO2. The molecule has 0 aliphatic carbocycles. The van der Waals surface area contributed by atoms with Crippen molar-refractivity contribution in [3.05, 3.63) is 34.6 Å². The molecule has 0 aromatic heterocycles. The van der Waals surface area contributed by atoms with Crippen molar-refractivity contribution in [2.75, 3.05) is 6.61 Å². The smallest absolute Gasteiger partial charge is 0.156 e. The van der Waals surface area contributed by atoms with Crippen LogP contribution in [0.5, 0.6) is 0 Å². The molecule has 2 rings (SSSR count). The fraction of sp³-hybridized carbons (Fsp3) is 0.300. The summed E-state index contributed by atoms with van der Waals surface area (Å²) >= 11 is 5.71. The number of hydrogen-bond donors (Lipinski definition) is 1. The first-order valence-corrected chi connectivity index (χ1v) is 4.87. The van der Waals surface area contributed by atoms with Crippen LogP contribution in [-0.2, 0) is 4.84 Å². The lowest BCUT2D eigenvalue weighted by Gasteiger charge is -2.02. The van der Waals surface area contributed by atoms with Crippen molar-refractivity contribution in [2.24, 2.45) is 5.16 Å². The topological polar surface area (TPSA) is 41.8 Å². The van der Waals surface area contributed by atoms with Crippen LogP contribution in [0.3, 0.4) is 0 Å². The third-order valence-electron chi connectivity index (χ3n) is 2.13. The van der Waals surface area contributed by atoms with Crippen molar-refractivity contribution in [3.63, 3.8) is 0 Å². The van der Waals surface area contributed by atoms with Gasteiger partial charge < -0.3 is 9.94 Å². The monoisotopic (exact) mass is 229 g/mol. The van der Waals surface area contributed by atoms with Gasteiger partial charge in [-0.1, -0.05) is 16.8 Å². The SMILES string of the molecule is OCC1CC(c2cc(F)cc(Cl)c2)=NO1. The molecule has 0 spiro atoms. The Labute approximate surface area is 91.1 Å². The van der Waals surface area contributed by atoms with Gasteiger partial charge in [-0.2, -0.15) is 0 Å². The summed E-state index contributed by atoms with van der Waals surface area (Å²) in [5, 5.41) is 12.9. The molecule has 1 aromatic rings. The van der Waals surface area contributed by atoms with Crippen LogP contribution < -0.4 is 0 Å². The Morgan fingerprint density at radius 1 is 1.53 bits per heavy atom. The van der Waals surface area contributed by atoms with Crippen molar-refractivity contribution in [2.45, 2.75) is 12.5 Å². The van der Waals surface area contributed by atoms with Crippen LogP contribution in [0, 0.1) is 5.82 Å². The summed E-state index contributed by atoms with van der Waals surface area (Å²) in [4.78, 5) is 4.92. The molecule has 0 radical (unpaired) electrons. The van der Waals surface area contributed by atoms with Crippen molar-refractivity contribution in [1.29, 1.82) is 0 Å². The first-order chi connectivity index (χ1) is 7.19. The number of benzene rings is 1. The Kier molecular flexibility index (Phi) is 2.88. The summed E-state index contributed by atoms with van der Waals surface area (Å²) in [5.41, 5.74) is 1.20. The van der Waals surface area contributed by atoms with E-state index in [2.05, 4.69) is 5.16 Å². The molecule has 0 bridgehead atoms. The van der Waals surface area contributed by atoms with E-state index < -0.39 is 5.82 Å². The number of aliphatic hydroxyl groups excluding tert-OH is 1. The van der Waals surface area contributed by atoms with Crippen LogP contribution in [0.15, 0.2) is 23.4 Å². The van der Waals surface area contributed by atoms with Gasteiger partial charge >= 0.3 is 0 Å². The van der Waals surface area contributed by atoms with Gasteiger partial charge in [-0.05, 0) is 18.2 Å². The molecule has 1 heterocycles. The van der Waals surface area contributed by atoms with Crippen molar-refractivity contribution in [1.82, 2.24) is 0 Å². The third-order valence-corrected chi connectivity index (χ3v) is 2.35. The molecular weight excluding hydrogens is 221 g/mol. The predicted molar refractivity (Wildman–Crippen MR) is 54.5 cm³/mol. The van der Waals surface area contributed by atoms with Gasteiger partial charge in [0.05, 0.1) is 12.3 Å². The Morgan fingerprint density at radius 2 is 2.33 bits per heavy atom. The number of aliphatic hydroxyl groups is 1. The Morgan fingerprint density at radius 3 is 2.93 bits per heavy atom. The van der Waals surface area contributed by atoms with Gasteiger partial charge in [-0.3, -0.25) is 0 Å². The molecule has 0 fully saturated rings. The maximum Gasteiger partial charge on any atom is 0.156 e. The molecule has 0 saturated carbocycles. The minimum atomic E-state index is -0.410. The van der Waals surface area contributed by atoms with Crippen LogP contribution >= 0.6 is 11.6 Å². The molecule has 1 unspecified atom stereocenters. The Balaban J connectivity index is 2.24. The molecule has 0 saturated heterocycles. The van der Waals surface area contributed by atoms with Crippen molar-refractivity contribution < 1.29 is 14.3 Å². The summed E-state index contributed by atoms with van der Waals surface area (Å²) in [6.45, 7) is -0.101. The second-order valence-electron chi connectivity index (χ2n) is 3.31. The van der Waals surface area contributed by atoms with E-state index in [-0.39, 0.29) is 12.7 Å². The van der Waals surface area contributed by atoms with E-state index in [0.717, 1.165) is 0 Å². The number of oxime groups is 1. The number of nitrogens with zero attached hydrogens (tertiary/aromatic N) is 1. The average molecular weight is 230 g/mol. The lowest BCUT2D eigenvalue weighted by Crippen LogP contribution is -2.12. The highest BCUT2D eigenvalue weighted by Gasteiger charge is 2.21. The molecule has 5 heteroatoms. The number of rotatable bonds is 2. The zero-order valence-corrected chi connectivity index (χ0v) is 8.54. The minimum Gasteiger partial charge on any atom is -0.392 e. The maximum absolute atomic E-state index is 13.0. The largest absolute Gasteiger partial charge is 0.392 e. The zero-order valence-electron chi connectivity index (χ0n) is 7.78. The maximum atomic E-state index is 13.0. The number of halogens is 2. The van der Waals surface area contributed by atoms with Crippen molar-refractivity contribution >= 4 is 17.3 Å². The van der Waals surface area contributed by atoms with Gasteiger partial charge in [0.2, 0.25) is 0 Å². The molecule has 1 atom stereocenters. The molecule has 1 aliphatic rings. The fourth-order valence-corrected chi connectivity index (χ4v) is 1.64. The standard InChI is InChI=1S/C10H9ClFNO2/c11-7-1-6(2-8(12)3-7)10-4-9(5-14)15-13-10/h1-3,9,14H,4-5H2. The molecule has 1 N–H and O–H groups in total. The zero-order chi connectivity index (χ0) is 10.8. The van der Waals surface area contributed by atoms with Gasteiger partial charge in [0.25, 0.3) is 0 Å². The molecule has 3 nitrogen and oxygen atoms in total. The van der Waals surface area contributed by atoms with E-state index in [1.54, 1.807) is 6.07 Å². The van der Waals surface area contributed by atoms with Crippen LogP contribution in [0.2, 0.25) is 5.02 Å². The normalized spacial score (nSPS) is 19.9. The molecule has 0 amide bonds. The van der Waals surface area contributed by atoms with E-state index >= 15 is 0 Å². The first-order valence-electron chi connectivity index (χ1n) is 4.49. The minimum absolute atomic E-state index is 0.101. The summed E-state index contributed by atoms with van der Waals surface area (Å²) in [6, 6.07) is 4.19. The lowest BCUT2D eigenvalue weighted by atomic mass is 10.1. The fourth-order valence-electron chi connectivity index (χ4n) is 1.42. The average Bonchev–Trinajstić information content (AvgIpc) is 2.64. The van der Waals surface area contributed by atoms with Crippen LogP contribution in [0.25, 0.3) is 0 Å². The highest BCUT2D eigenvalue weighted by atomic mass is 35.5. The van der Waals surface area contributed by atoms with Crippen LogP contribution in [0.1, 0.15) is 12.0 Å². The van der Waals surface area contributed by atoms with Crippen LogP contribution in [0.4, 0.5) is 4.39 Å². The first kappa shape index (κ1) is 10.4. The van der Waals surface area contributed by atoms with E-state index in [1.807, 2.05) is 0 Å². The van der Waals surface area contributed by atoms with Gasteiger partial charge in [0.15, 0.2) is 6.10 Å². The summed E-state index contributed by atoms with van der Waals surface area (Å²) in [6.07, 6.45) is 0.137. The van der Waals surface area contributed by atoms with Gasteiger partial charge in [0, 0.05) is 17.0 Å². The van der Waals surface area contributed by atoms with Gasteiger partial charge in [-0.15, -0.1) is 0 Å². The quantitative estimate of drug-likeness (QED) is 0.843. The van der Waals surface area contributed by atoms with Crippen molar-refractivity contribution in [3.8, 4) is 0 Å². The second kappa shape index (κ2) is 4.16. The summed E-state index contributed by atoms with van der Waals surface area (Å²) in [7, 11) is 0. The second-order valence-corrected chi connectivity index (χ2v) is 3.75. The summed E-state index contributed by atoms with van der Waals surface area (Å²) < 4.78 is 13.0. The van der Waals surface area contributed by atoms with Gasteiger partial charge in [-0.25, -0.2) is 4.39 Å². The van der Waals surface area contributed by atoms with E-state index in [0.29, 0.717) is 22.7 Å². The highest BCUT2D eigenvalue weighted by Crippen LogP contribution is 2.20. The number of hydrogen-bond acceptors (Lipinski definition) is 3. The van der Waals surface area contributed by atoms with E-state index in [1.165, 1.54) is 12.1 Å². The highest BCUT2D eigenvalue weighted by molar-refractivity contribution is 6.31. The summed E-state index contributed by atoms with van der Waals surface area (Å²) in [5.74, 6) is -0.410. The van der Waals surface area contributed by atoms with E-state index in [4.69, 9.17) is 21.5 Å². The molecule has 80 valence electrons. The lowest BCUT2D eigenvalue weighted by molar-refractivity contribution is 0.0390. The third kappa shape index (κ3) is 2.27. The van der Waals surface area contributed by atoms with Crippen LogP contribution in [-0.4, -0.2) is 23.5 Å². The predicted octanol–water partition coefficient (Wildman–Crippen LogP) is 1.96. The molecule has 1 aliphatic heterocycles. The van der Waals surface area contributed by atoms with Gasteiger partial charge in [0.1, 0.15) is 5.82 Å². The van der Waals surface area contributed by atoms with E-state index in [9.17, 15) is 4.39 Å².